The van der Waals surface area contributed by atoms with E-state index >= 15 is 0 Å². The number of pyridine rings is 1. The first kappa shape index (κ1) is 13.1. The fourth-order valence-electron chi connectivity index (χ4n) is 4.60. The predicted molar refractivity (Wildman–Crippen MR) is 84.6 cm³/mol. The average Bonchev–Trinajstić information content (AvgIpc) is 2.47. The van der Waals surface area contributed by atoms with Crippen molar-refractivity contribution in [3.8, 4) is 0 Å². The SMILES string of the molecule is BC(C(=O)Nc1cccnc1)=C1C2CC3CC1CN(C3)C2. The second-order valence-electron chi connectivity index (χ2n) is 6.73. The topological polar surface area (TPSA) is 45.2 Å². The minimum atomic E-state index is 0.0421. The van der Waals surface area contributed by atoms with Crippen molar-refractivity contribution >= 4 is 19.4 Å². The van der Waals surface area contributed by atoms with Crippen LogP contribution in [0.3, 0.4) is 0 Å². The Hall–Kier alpha value is -1.62. The highest BCUT2D eigenvalue weighted by molar-refractivity contribution is 6.39. The zero-order chi connectivity index (χ0) is 14.4. The number of carbonyl (C=O) groups is 1. The van der Waals surface area contributed by atoms with Gasteiger partial charge in [-0.2, -0.15) is 0 Å². The van der Waals surface area contributed by atoms with Gasteiger partial charge >= 0.3 is 0 Å². The zero-order valence-electron chi connectivity index (χ0n) is 12.4. The number of nitrogens with one attached hydrogen (secondary N) is 1. The van der Waals surface area contributed by atoms with E-state index in [1.54, 1.807) is 12.4 Å². The van der Waals surface area contributed by atoms with Crippen LogP contribution in [-0.4, -0.2) is 43.3 Å². The predicted octanol–water partition coefficient (Wildman–Crippen LogP) is 0.879. The van der Waals surface area contributed by atoms with E-state index in [0.29, 0.717) is 11.8 Å². The van der Waals surface area contributed by atoms with Crippen molar-refractivity contribution in [1.82, 2.24) is 9.88 Å². The van der Waals surface area contributed by atoms with Gasteiger partial charge in [0.25, 0.3) is 0 Å². The molecule has 0 aromatic carbocycles. The van der Waals surface area contributed by atoms with Gasteiger partial charge in [-0.25, -0.2) is 0 Å². The third-order valence-corrected chi connectivity index (χ3v) is 5.28. The highest BCUT2D eigenvalue weighted by Crippen LogP contribution is 2.47. The van der Waals surface area contributed by atoms with Crippen LogP contribution < -0.4 is 5.32 Å². The van der Waals surface area contributed by atoms with Crippen LogP contribution in [0.15, 0.2) is 35.6 Å². The first-order chi connectivity index (χ1) is 10.2. The number of carbonyl (C=O) groups excluding carboxylic acids is 1. The summed E-state index contributed by atoms with van der Waals surface area (Å²) >= 11 is 0. The number of anilines is 1. The van der Waals surface area contributed by atoms with Crippen molar-refractivity contribution in [2.24, 2.45) is 17.8 Å². The molecule has 1 amide bonds. The van der Waals surface area contributed by atoms with Gasteiger partial charge in [-0.3, -0.25) is 9.78 Å². The van der Waals surface area contributed by atoms with Gasteiger partial charge in [0.15, 0.2) is 0 Å². The molecular weight excluding hydrogens is 261 g/mol. The summed E-state index contributed by atoms with van der Waals surface area (Å²) in [6.07, 6.45) is 5.96. The standard InChI is InChI=1S/C16H20BN3O/c17-15(16(21)19-13-2-1-3-18-6-13)14-11-4-10-5-12(14)9-20(7-10)8-11/h1-3,6,10-12H,4-5,7-9,17H2,(H,19,21). The second kappa shape index (κ2) is 4.99. The van der Waals surface area contributed by atoms with E-state index in [1.807, 2.05) is 20.0 Å². The lowest BCUT2D eigenvalue weighted by molar-refractivity contribution is -0.112. The molecule has 5 rings (SSSR count). The van der Waals surface area contributed by atoms with Crippen LogP contribution in [0.5, 0.6) is 0 Å². The Bertz CT molecular complexity index is 569. The highest BCUT2D eigenvalue weighted by Gasteiger charge is 2.45. The van der Waals surface area contributed by atoms with E-state index in [2.05, 4.69) is 15.2 Å². The molecule has 5 heteroatoms. The third-order valence-electron chi connectivity index (χ3n) is 5.28. The summed E-state index contributed by atoms with van der Waals surface area (Å²) in [7, 11) is 2.00. The highest BCUT2D eigenvalue weighted by atomic mass is 16.1. The van der Waals surface area contributed by atoms with Gasteiger partial charge in [-0.15, -0.1) is 0 Å². The van der Waals surface area contributed by atoms with E-state index in [4.69, 9.17) is 0 Å². The first-order valence-electron chi connectivity index (χ1n) is 7.85. The molecule has 1 saturated carbocycles. The summed E-state index contributed by atoms with van der Waals surface area (Å²) in [5.74, 6) is 2.12. The molecule has 21 heavy (non-hydrogen) atoms. The molecule has 4 heterocycles. The first-order valence-corrected chi connectivity index (χ1v) is 7.85. The molecule has 3 aliphatic heterocycles. The van der Waals surface area contributed by atoms with Crippen molar-refractivity contribution < 1.29 is 4.79 Å². The Morgan fingerprint density at radius 2 is 2.05 bits per heavy atom. The average molecular weight is 281 g/mol. The lowest BCUT2D eigenvalue weighted by Crippen LogP contribution is -2.55. The second-order valence-corrected chi connectivity index (χ2v) is 6.73. The summed E-state index contributed by atoms with van der Waals surface area (Å²) in [5, 5.41) is 2.98. The fraction of sp³-hybridized carbons (Fsp3) is 0.500. The fourth-order valence-corrected chi connectivity index (χ4v) is 4.60. The van der Waals surface area contributed by atoms with Crippen LogP contribution in [0.1, 0.15) is 12.8 Å². The van der Waals surface area contributed by atoms with E-state index < -0.39 is 0 Å². The van der Waals surface area contributed by atoms with Crippen LogP contribution in [0.4, 0.5) is 5.69 Å². The normalized spacial score (nSPS) is 33.0. The molecule has 3 saturated heterocycles. The lowest BCUT2D eigenvalue weighted by Gasteiger charge is -2.53. The van der Waals surface area contributed by atoms with Crippen LogP contribution in [0.25, 0.3) is 0 Å². The number of aromatic nitrogens is 1. The Morgan fingerprint density at radius 3 is 2.67 bits per heavy atom. The molecule has 2 atom stereocenters. The molecule has 1 aromatic rings. The summed E-state index contributed by atoms with van der Waals surface area (Å²) in [4.78, 5) is 19.2. The summed E-state index contributed by atoms with van der Waals surface area (Å²) in [5.41, 5.74) is 3.15. The Morgan fingerprint density at radius 1 is 1.29 bits per heavy atom. The van der Waals surface area contributed by atoms with Crippen molar-refractivity contribution in [3.05, 3.63) is 35.6 Å². The largest absolute Gasteiger partial charge is 0.322 e. The Labute approximate surface area is 126 Å². The minimum Gasteiger partial charge on any atom is -0.322 e. The van der Waals surface area contributed by atoms with E-state index in [1.165, 1.54) is 25.0 Å². The van der Waals surface area contributed by atoms with Crippen LogP contribution >= 0.6 is 0 Å². The number of amides is 1. The zero-order valence-corrected chi connectivity index (χ0v) is 12.4. The van der Waals surface area contributed by atoms with Crippen LogP contribution in [0.2, 0.25) is 0 Å². The van der Waals surface area contributed by atoms with Gasteiger partial charge in [0.05, 0.1) is 11.9 Å². The molecule has 1 N–H and O–H groups in total. The summed E-state index contributed by atoms with van der Waals surface area (Å²) in [6.45, 7) is 3.58. The number of piperidine rings is 3. The Kier molecular flexibility index (Phi) is 3.10. The molecular formula is C16H20BN3O. The molecule has 1 aliphatic carbocycles. The molecule has 4 fully saturated rings. The van der Waals surface area contributed by atoms with Crippen LogP contribution in [0, 0.1) is 17.8 Å². The molecule has 1 aromatic heterocycles. The smallest absolute Gasteiger partial charge is 0.241 e. The number of hydrogen-bond donors (Lipinski definition) is 1. The molecule has 4 nitrogen and oxygen atoms in total. The van der Waals surface area contributed by atoms with Crippen molar-refractivity contribution in [3.63, 3.8) is 0 Å². The number of hydrogen-bond acceptors (Lipinski definition) is 3. The Balaban J connectivity index is 1.58. The van der Waals surface area contributed by atoms with Gasteiger partial charge in [0.1, 0.15) is 7.85 Å². The molecule has 4 bridgehead atoms. The maximum atomic E-state index is 12.5. The van der Waals surface area contributed by atoms with E-state index in [9.17, 15) is 4.79 Å². The number of nitrogens with zero attached hydrogens (tertiary/aromatic N) is 2. The maximum Gasteiger partial charge on any atom is 0.241 e. The van der Waals surface area contributed by atoms with E-state index in [-0.39, 0.29) is 5.91 Å². The molecule has 2 unspecified atom stereocenters. The monoisotopic (exact) mass is 281 g/mol. The molecule has 108 valence electrons. The van der Waals surface area contributed by atoms with Gasteiger partial charge in [0.2, 0.25) is 5.91 Å². The lowest BCUT2D eigenvalue weighted by atomic mass is 9.62. The van der Waals surface area contributed by atoms with Gasteiger partial charge in [0, 0.05) is 25.8 Å². The van der Waals surface area contributed by atoms with Crippen molar-refractivity contribution in [1.29, 1.82) is 0 Å². The molecule has 4 aliphatic rings. The van der Waals surface area contributed by atoms with Crippen molar-refractivity contribution in [2.45, 2.75) is 12.8 Å². The van der Waals surface area contributed by atoms with Crippen molar-refractivity contribution in [2.75, 3.05) is 25.0 Å². The van der Waals surface area contributed by atoms with Gasteiger partial charge in [-0.05, 0) is 48.2 Å². The number of rotatable bonds is 2. The van der Waals surface area contributed by atoms with Gasteiger partial charge < -0.3 is 10.2 Å². The quantitative estimate of drug-likeness (QED) is 0.646. The minimum absolute atomic E-state index is 0.0421. The summed E-state index contributed by atoms with van der Waals surface area (Å²) in [6, 6.07) is 3.72. The van der Waals surface area contributed by atoms with E-state index in [0.717, 1.165) is 30.2 Å². The third kappa shape index (κ3) is 2.29. The molecule has 0 spiro atoms. The maximum absolute atomic E-state index is 12.5. The van der Waals surface area contributed by atoms with Crippen LogP contribution in [-0.2, 0) is 4.79 Å². The summed E-state index contributed by atoms with van der Waals surface area (Å²) < 4.78 is 0. The molecule has 0 radical (unpaired) electrons. The van der Waals surface area contributed by atoms with Gasteiger partial charge in [-0.1, -0.05) is 5.57 Å².